The highest BCUT2D eigenvalue weighted by atomic mass is 16.7. The first kappa shape index (κ1) is 32.8. The summed E-state index contributed by atoms with van der Waals surface area (Å²) in [6.07, 6.45) is 3.26. The first-order valence-electron chi connectivity index (χ1n) is 16.1. The number of nitro groups is 4. The molecule has 5 aromatic heterocycles. The number of rotatable bonds is 9. The summed E-state index contributed by atoms with van der Waals surface area (Å²) in [7, 11) is 0. The number of nitrogens with zero attached hydrogens (tertiary/aromatic N) is 9. The molecule has 0 bridgehead atoms. The lowest BCUT2D eigenvalue weighted by Crippen LogP contribution is -2.71. The second kappa shape index (κ2) is 11.0. The van der Waals surface area contributed by atoms with Crippen molar-refractivity contribution < 1.29 is 19.7 Å². The van der Waals surface area contributed by atoms with Gasteiger partial charge in [0.25, 0.3) is 0 Å². The number of para-hydroxylation sites is 4. The molecule has 0 aliphatic carbocycles. The number of hydrogen-bond donors (Lipinski definition) is 6. The summed E-state index contributed by atoms with van der Waals surface area (Å²) < 4.78 is 0. The highest BCUT2D eigenvalue weighted by Crippen LogP contribution is 2.71. The highest BCUT2D eigenvalue weighted by molar-refractivity contribution is 5.92. The van der Waals surface area contributed by atoms with Gasteiger partial charge in [-0.1, -0.05) is 42.5 Å². The van der Waals surface area contributed by atoms with Crippen LogP contribution >= 0.6 is 0 Å². The van der Waals surface area contributed by atoms with Crippen molar-refractivity contribution in [2.45, 2.75) is 22.4 Å². The van der Waals surface area contributed by atoms with Gasteiger partial charge in [-0.3, -0.25) is 50.7 Å². The normalized spacial score (nSPS) is 23.8. The molecule has 55 heavy (non-hydrogen) atoms. The lowest BCUT2D eigenvalue weighted by atomic mass is 9.63. The zero-order valence-electron chi connectivity index (χ0n) is 27.6. The SMILES string of the molecule is NC1(c2ccn[nH]2)C(c2[nH]c3ccccc3c2[N+](=O)[O-])([N+](=O)[O-])N(c2nc3ccccc3[nH]2)C(c2ncc[nH]2)([N+](=O)[O-])C1(c1[nH]nc2ccccc12)[N+](=O)[O-]. The molecule has 8 aromatic rings. The molecule has 274 valence electrons. The molecule has 0 saturated carbocycles. The number of aromatic amines is 5. The molecule has 1 saturated heterocycles. The van der Waals surface area contributed by atoms with Gasteiger partial charge in [-0.2, -0.15) is 15.1 Å². The van der Waals surface area contributed by atoms with Crippen molar-refractivity contribution in [1.29, 1.82) is 0 Å². The van der Waals surface area contributed by atoms with Crippen molar-refractivity contribution in [3.05, 3.63) is 161 Å². The summed E-state index contributed by atoms with van der Waals surface area (Å²) >= 11 is 0. The molecule has 0 radical (unpaired) electrons. The molecule has 1 fully saturated rings. The van der Waals surface area contributed by atoms with Crippen LogP contribution in [0.3, 0.4) is 0 Å². The van der Waals surface area contributed by atoms with Crippen molar-refractivity contribution in [1.82, 2.24) is 45.3 Å². The van der Waals surface area contributed by atoms with Crippen LogP contribution in [0.25, 0.3) is 32.8 Å². The van der Waals surface area contributed by atoms with Crippen LogP contribution in [0.4, 0.5) is 11.6 Å². The summed E-state index contributed by atoms with van der Waals surface area (Å²) in [5.41, 5.74) is -9.81. The fourth-order valence-electron chi connectivity index (χ4n) is 8.51. The summed E-state index contributed by atoms with van der Waals surface area (Å²) in [5.74, 6) is -1.54. The Morgan fingerprint density at radius 3 is 1.98 bits per heavy atom. The van der Waals surface area contributed by atoms with E-state index < -0.39 is 76.6 Å². The summed E-state index contributed by atoms with van der Waals surface area (Å²) in [4.78, 5) is 70.5. The molecule has 7 N–H and O–H groups in total. The zero-order valence-corrected chi connectivity index (χ0v) is 27.6. The van der Waals surface area contributed by atoms with E-state index >= 15 is 0 Å². The van der Waals surface area contributed by atoms with Crippen LogP contribution in [0, 0.1) is 40.5 Å². The van der Waals surface area contributed by atoms with E-state index in [4.69, 9.17) is 5.73 Å². The third-order valence-corrected chi connectivity index (χ3v) is 10.5. The van der Waals surface area contributed by atoms with Crippen LogP contribution in [0.1, 0.15) is 22.9 Å². The van der Waals surface area contributed by atoms with Gasteiger partial charge in [0.05, 0.1) is 47.9 Å². The number of aromatic nitrogens is 9. The molecule has 4 atom stereocenters. The lowest BCUT2D eigenvalue weighted by Gasteiger charge is -2.38. The van der Waals surface area contributed by atoms with Gasteiger partial charge in [-0.15, -0.1) is 0 Å². The number of benzene rings is 3. The minimum Gasteiger partial charge on any atom is -0.345 e. The van der Waals surface area contributed by atoms with Crippen LogP contribution in [-0.4, -0.2) is 65.0 Å². The number of nitrogens with two attached hydrogens (primary N) is 1. The largest absolute Gasteiger partial charge is 0.440 e. The van der Waals surface area contributed by atoms with Crippen LogP contribution < -0.4 is 10.6 Å². The van der Waals surface area contributed by atoms with E-state index in [1.54, 1.807) is 18.2 Å². The van der Waals surface area contributed by atoms with Gasteiger partial charge in [0.15, 0.2) is 5.69 Å². The lowest BCUT2D eigenvalue weighted by molar-refractivity contribution is -0.705. The van der Waals surface area contributed by atoms with Crippen molar-refractivity contribution in [2.75, 3.05) is 4.90 Å². The fraction of sp³-hybridized carbons (Fsp3) is 0.125. The van der Waals surface area contributed by atoms with Gasteiger partial charge < -0.3 is 20.7 Å². The molecule has 6 heterocycles. The van der Waals surface area contributed by atoms with Crippen molar-refractivity contribution in [3.63, 3.8) is 0 Å². The molecule has 23 nitrogen and oxygen atoms in total. The van der Waals surface area contributed by atoms with Gasteiger partial charge in [0, 0.05) is 28.9 Å². The topological polar surface area (TPSA) is 332 Å². The summed E-state index contributed by atoms with van der Waals surface area (Å²) in [5, 5.41) is 70.4. The number of nitrogens with one attached hydrogen (secondary N) is 5. The van der Waals surface area contributed by atoms with Gasteiger partial charge in [0.2, 0.25) is 17.3 Å². The third-order valence-electron chi connectivity index (χ3n) is 10.5. The van der Waals surface area contributed by atoms with E-state index in [0.717, 1.165) is 24.7 Å². The van der Waals surface area contributed by atoms with Crippen LogP contribution in [-0.2, 0) is 22.4 Å². The number of fused-ring (bicyclic) bond motifs is 3. The molecular weight excluding hydrogens is 722 g/mol. The van der Waals surface area contributed by atoms with Crippen molar-refractivity contribution >= 4 is 44.5 Å². The standard InChI is InChI=1S/C32H23N15O8/c33-29(23-13-14-36-41-23)30(45(50)51,25-18-8-2-4-10-20(18)40-42-25)32(47(54)55,27-34-15-16-35-27)43(28-38-21-11-5-6-12-22(21)39-28)31(29,46(52)53)26-24(44(48)49)17-7-1-3-9-19(17)37-26/h1-16,37H,33H2,(H,34,35)(H,36,41)(H,38,39)(H,40,42). The van der Waals surface area contributed by atoms with Crippen LogP contribution in [0.2, 0.25) is 0 Å². The average molecular weight is 746 g/mol. The smallest absolute Gasteiger partial charge is 0.345 e. The maximum Gasteiger partial charge on any atom is 0.440 e. The second-order valence-corrected chi connectivity index (χ2v) is 12.7. The third kappa shape index (κ3) is 3.60. The van der Waals surface area contributed by atoms with E-state index in [2.05, 4.69) is 45.3 Å². The Hall–Kier alpha value is -8.08. The number of imidazole rings is 2. The fourth-order valence-corrected chi connectivity index (χ4v) is 8.51. The molecule has 23 heteroatoms. The van der Waals surface area contributed by atoms with Gasteiger partial charge in [-0.25, -0.2) is 9.97 Å². The minimum absolute atomic E-state index is 0.0303. The van der Waals surface area contributed by atoms with E-state index in [1.807, 2.05) is 0 Å². The Kier molecular flexibility index (Phi) is 6.54. The predicted molar refractivity (Wildman–Crippen MR) is 189 cm³/mol. The second-order valence-electron chi connectivity index (χ2n) is 12.7. The zero-order chi connectivity index (χ0) is 38.5. The van der Waals surface area contributed by atoms with Crippen LogP contribution in [0.5, 0.6) is 0 Å². The maximum atomic E-state index is 14.8. The van der Waals surface area contributed by atoms with E-state index in [9.17, 15) is 40.5 Å². The summed E-state index contributed by atoms with van der Waals surface area (Å²) in [6, 6.07) is 18.7. The molecule has 1 aliphatic rings. The van der Waals surface area contributed by atoms with E-state index in [1.165, 1.54) is 54.6 Å². The number of hydrogen-bond acceptors (Lipinski definition) is 14. The Morgan fingerprint density at radius 2 is 1.36 bits per heavy atom. The summed E-state index contributed by atoms with van der Waals surface area (Å²) in [6.45, 7) is 0. The van der Waals surface area contributed by atoms with E-state index in [0.29, 0.717) is 4.90 Å². The monoisotopic (exact) mass is 745 g/mol. The van der Waals surface area contributed by atoms with Crippen molar-refractivity contribution in [2.24, 2.45) is 5.73 Å². The molecular formula is C32H23N15O8. The molecule has 1 aliphatic heterocycles. The Morgan fingerprint density at radius 1 is 0.691 bits per heavy atom. The molecule has 4 unspecified atom stereocenters. The maximum absolute atomic E-state index is 14.8. The van der Waals surface area contributed by atoms with Gasteiger partial charge in [0.1, 0.15) is 5.69 Å². The van der Waals surface area contributed by atoms with Crippen LogP contribution in [0.15, 0.2) is 97.5 Å². The van der Waals surface area contributed by atoms with E-state index in [-0.39, 0.29) is 32.8 Å². The Bertz CT molecular complexity index is 2830. The molecule has 9 rings (SSSR count). The molecule has 3 aromatic carbocycles. The molecule has 0 amide bonds. The first-order chi connectivity index (χ1) is 26.5. The highest BCUT2D eigenvalue weighted by Gasteiger charge is 3.04. The molecule has 0 spiro atoms. The number of anilines is 1. The Labute approximate surface area is 303 Å². The van der Waals surface area contributed by atoms with Crippen molar-refractivity contribution in [3.8, 4) is 0 Å². The quantitative estimate of drug-likeness (QED) is 0.0911. The average Bonchev–Trinajstić information content (AvgIpc) is 4.02. The first-order valence-corrected chi connectivity index (χ1v) is 16.1. The van der Waals surface area contributed by atoms with Gasteiger partial charge in [-0.05, 0) is 36.4 Å². The van der Waals surface area contributed by atoms with Gasteiger partial charge >= 0.3 is 22.6 Å². The Balaban J connectivity index is 1.65. The minimum atomic E-state index is -3.69. The predicted octanol–water partition coefficient (Wildman–Crippen LogP) is 3.38. The number of H-pyrrole nitrogens is 5.